The predicted octanol–water partition coefficient (Wildman–Crippen LogP) is 7.50. The smallest absolute Gasteiger partial charge is 0.337 e. The van der Waals surface area contributed by atoms with E-state index in [0.717, 1.165) is 53.8 Å². The minimum atomic E-state index is -0.557. The van der Waals surface area contributed by atoms with Crippen LogP contribution >= 0.6 is 0 Å². The first kappa shape index (κ1) is 27.1. The Hall–Kier alpha value is -4.12. The number of ketones is 1. The number of allylic oxidation sites excluding steroid dienone is 3. The number of rotatable bonds is 7. The van der Waals surface area contributed by atoms with Crippen LogP contribution < -0.4 is 10.1 Å². The predicted molar refractivity (Wildman–Crippen MR) is 159 cm³/mol. The van der Waals surface area contributed by atoms with Gasteiger partial charge in [0.15, 0.2) is 5.78 Å². The Labute approximate surface area is 242 Å². The number of hydrogen-bond acceptors (Lipinski definition) is 5. The van der Waals surface area contributed by atoms with Crippen LogP contribution in [0.4, 0.5) is 0 Å². The summed E-state index contributed by atoms with van der Waals surface area (Å²) >= 11 is 0. The number of para-hydroxylation sites is 1. The van der Waals surface area contributed by atoms with Crippen LogP contribution in [-0.2, 0) is 20.9 Å². The third-order valence-corrected chi connectivity index (χ3v) is 8.61. The molecule has 1 aliphatic heterocycles. The van der Waals surface area contributed by atoms with Gasteiger partial charge >= 0.3 is 5.97 Å². The fourth-order valence-electron chi connectivity index (χ4n) is 6.57. The lowest BCUT2D eigenvalue weighted by Crippen LogP contribution is -2.37. The summed E-state index contributed by atoms with van der Waals surface area (Å²) < 4.78 is 12.5. The van der Waals surface area contributed by atoms with Crippen LogP contribution in [0.2, 0.25) is 0 Å². The maximum Gasteiger partial charge on any atom is 0.337 e. The average molecular weight is 548 g/mol. The number of esters is 1. The summed E-state index contributed by atoms with van der Waals surface area (Å²) in [7, 11) is 0. The molecule has 2 atom stereocenters. The highest BCUT2D eigenvalue weighted by Crippen LogP contribution is 2.48. The first-order valence-electron chi connectivity index (χ1n) is 14.8. The van der Waals surface area contributed by atoms with E-state index in [2.05, 4.69) is 17.4 Å². The number of hydrogen-bond donors (Lipinski definition) is 1. The lowest BCUT2D eigenvalue weighted by molar-refractivity contribution is -0.146. The van der Waals surface area contributed by atoms with Gasteiger partial charge in [-0.1, -0.05) is 85.3 Å². The summed E-state index contributed by atoms with van der Waals surface area (Å²) in [5.41, 5.74) is 5.83. The van der Waals surface area contributed by atoms with Crippen LogP contribution in [0, 0.1) is 0 Å². The summed E-state index contributed by atoms with van der Waals surface area (Å²) in [6, 6.07) is 28.0. The first-order valence-corrected chi connectivity index (χ1v) is 14.8. The quantitative estimate of drug-likeness (QED) is 0.310. The lowest BCUT2D eigenvalue weighted by Gasteiger charge is -2.37. The molecule has 0 spiro atoms. The van der Waals surface area contributed by atoms with Gasteiger partial charge in [0.1, 0.15) is 18.5 Å². The molecule has 2 aliphatic carbocycles. The lowest BCUT2D eigenvalue weighted by atomic mass is 9.71. The van der Waals surface area contributed by atoms with Gasteiger partial charge in [-0.3, -0.25) is 4.79 Å². The number of Topliss-reactive ketones (excluding diaryl/α,β-unsaturated/α-hetero) is 1. The van der Waals surface area contributed by atoms with Crippen molar-refractivity contribution >= 4 is 11.8 Å². The maximum atomic E-state index is 14.0. The number of carbonyl (C=O) groups is 2. The van der Waals surface area contributed by atoms with Gasteiger partial charge in [0.2, 0.25) is 0 Å². The molecule has 41 heavy (non-hydrogen) atoms. The Balaban J connectivity index is 1.39. The average Bonchev–Trinajstić information content (AvgIpc) is 3.01. The summed E-state index contributed by atoms with van der Waals surface area (Å²) in [5.74, 6) is -0.0775. The van der Waals surface area contributed by atoms with Crippen LogP contribution in [0.15, 0.2) is 107 Å². The van der Waals surface area contributed by atoms with Crippen molar-refractivity contribution in [3.05, 3.63) is 124 Å². The summed E-state index contributed by atoms with van der Waals surface area (Å²) in [6.45, 7) is 2.32. The van der Waals surface area contributed by atoms with Gasteiger partial charge in [-0.25, -0.2) is 4.79 Å². The molecule has 1 heterocycles. The zero-order valence-corrected chi connectivity index (χ0v) is 23.6. The zero-order valence-electron chi connectivity index (χ0n) is 23.6. The molecule has 1 saturated carbocycles. The molecule has 3 aliphatic rings. The highest BCUT2D eigenvalue weighted by atomic mass is 16.5. The van der Waals surface area contributed by atoms with E-state index in [-0.39, 0.29) is 23.8 Å². The highest BCUT2D eigenvalue weighted by molar-refractivity contribution is 6.04. The third kappa shape index (κ3) is 5.85. The van der Waals surface area contributed by atoms with Crippen LogP contribution in [0.25, 0.3) is 0 Å². The van der Waals surface area contributed by atoms with Crippen molar-refractivity contribution in [1.29, 1.82) is 0 Å². The van der Waals surface area contributed by atoms with Crippen molar-refractivity contribution in [3.63, 3.8) is 0 Å². The molecule has 0 amide bonds. The molecule has 3 aromatic carbocycles. The molecule has 0 saturated heterocycles. The zero-order chi connectivity index (χ0) is 28.2. The second-order valence-electron chi connectivity index (χ2n) is 11.4. The standard InChI is InChI=1S/C36H37NO4/c1-24-33(36(39)41-28-17-9-4-10-18-28)34(29-19-11-12-20-32(29)40-23-25-13-5-2-6-14-25)35-30(37-24)21-27(22-31(35)38)26-15-7-3-8-16-26/h2-3,5-8,11-16,19-20,27-28,34,37H,4,9-10,17-18,21-23H2,1H3/t27-,34+/m1/s1. The van der Waals surface area contributed by atoms with Gasteiger partial charge in [0.25, 0.3) is 0 Å². The summed E-state index contributed by atoms with van der Waals surface area (Å²) in [4.78, 5) is 28.0. The van der Waals surface area contributed by atoms with Gasteiger partial charge in [-0.15, -0.1) is 0 Å². The van der Waals surface area contributed by atoms with Crippen LogP contribution in [-0.4, -0.2) is 17.9 Å². The number of dihydropyridines is 1. The maximum absolute atomic E-state index is 14.0. The normalized spacial score (nSPS) is 21.2. The second-order valence-corrected chi connectivity index (χ2v) is 11.4. The Kier molecular flexibility index (Phi) is 8.04. The van der Waals surface area contributed by atoms with Gasteiger partial charge in [-0.2, -0.15) is 0 Å². The van der Waals surface area contributed by atoms with Gasteiger partial charge in [0.05, 0.1) is 11.5 Å². The highest BCUT2D eigenvalue weighted by Gasteiger charge is 2.43. The molecule has 5 heteroatoms. The van der Waals surface area contributed by atoms with E-state index in [1.807, 2.05) is 79.7 Å². The molecule has 6 rings (SSSR count). The van der Waals surface area contributed by atoms with Crippen LogP contribution in [0.5, 0.6) is 5.75 Å². The molecule has 1 fully saturated rings. The van der Waals surface area contributed by atoms with E-state index in [1.54, 1.807) is 0 Å². The van der Waals surface area contributed by atoms with E-state index < -0.39 is 5.92 Å². The molecule has 1 N–H and O–H groups in total. The third-order valence-electron chi connectivity index (χ3n) is 8.61. The minimum Gasteiger partial charge on any atom is -0.489 e. The molecule has 5 nitrogen and oxygen atoms in total. The van der Waals surface area contributed by atoms with Crippen LogP contribution in [0.3, 0.4) is 0 Å². The number of carbonyl (C=O) groups excluding carboxylic acids is 2. The van der Waals surface area contributed by atoms with E-state index in [4.69, 9.17) is 9.47 Å². The fourth-order valence-corrected chi connectivity index (χ4v) is 6.57. The summed E-state index contributed by atoms with van der Waals surface area (Å²) in [6.07, 6.45) is 6.12. The largest absolute Gasteiger partial charge is 0.489 e. The van der Waals surface area contributed by atoms with Crippen molar-refractivity contribution in [2.45, 2.75) is 76.4 Å². The van der Waals surface area contributed by atoms with Gasteiger partial charge in [0, 0.05) is 29.0 Å². The monoisotopic (exact) mass is 547 g/mol. The molecule has 210 valence electrons. The summed E-state index contributed by atoms with van der Waals surface area (Å²) in [5, 5.41) is 3.49. The molecule has 0 aromatic heterocycles. The number of ether oxygens (including phenoxy) is 2. The minimum absolute atomic E-state index is 0.0610. The van der Waals surface area contributed by atoms with Crippen molar-refractivity contribution in [2.24, 2.45) is 0 Å². The van der Waals surface area contributed by atoms with E-state index >= 15 is 0 Å². The molecule has 0 bridgehead atoms. The molecule has 0 unspecified atom stereocenters. The molecule has 0 radical (unpaired) electrons. The van der Waals surface area contributed by atoms with Gasteiger partial charge in [-0.05, 0) is 62.1 Å². The van der Waals surface area contributed by atoms with E-state index in [0.29, 0.717) is 36.3 Å². The fraction of sp³-hybridized carbons (Fsp3) is 0.333. The topological polar surface area (TPSA) is 64.6 Å². The van der Waals surface area contributed by atoms with E-state index in [1.165, 1.54) is 6.42 Å². The number of benzene rings is 3. The van der Waals surface area contributed by atoms with E-state index in [9.17, 15) is 9.59 Å². The van der Waals surface area contributed by atoms with Crippen molar-refractivity contribution in [1.82, 2.24) is 5.32 Å². The Morgan fingerprint density at radius 2 is 1.54 bits per heavy atom. The second kappa shape index (κ2) is 12.2. The number of nitrogens with one attached hydrogen (secondary N) is 1. The van der Waals surface area contributed by atoms with Crippen molar-refractivity contribution < 1.29 is 19.1 Å². The van der Waals surface area contributed by atoms with Gasteiger partial charge < -0.3 is 14.8 Å². The van der Waals surface area contributed by atoms with Crippen LogP contribution in [0.1, 0.15) is 80.4 Å². The van der Waals surface area contributed by atoms with Crippen molar-refractivity contribution in [3.8, 4) is 5.75 Å². The molecular formula is C36H37NO4. The molecular weight excluding hydrogens is 510 g/mol. The first-order chi connectivity index (χ1) is 20.1. The Morgan fingerprint density at radius 1 is 0.854 bits per heavy atom. The van der Waals surface area contributed by atoms with Crippen molar-refractivity contribution in [2.75, 3.05) is 0 Å². The molecule has 3 aromatic rings. The Bertz CT molecular complexity index is 1470. The SMILES string of the molecule is CC1=C(C(=O)OC2CCCCC2)[C@H](c2ccccc2OCc2ccccc2)C2=C(C[C@@H](c3ccccc3)CC2=O)N1. The Morgan fingerprint density at radius 3 is 2.29 bits per heavy atom.